The molecule has 0 fully saturated rings. The largest absolute Gasteiger partial charge is 0.456 e. The van der Waals surface area contributed by atoms with Crippen LogP contribution in [0.25, 0.3) is 108 Å². The molecule has 0 aliphatic carbocycles. The summed E-state index contributed by atoms with van der Waals surface area (Å²) in [6.07, 6.45) is 0. The van der Waals surface area contributed by atoms with Crippen molar-refractivity contribution in [1.82, 2.24) is 9.13 Å². The van der Waals surface area contributed by atoms with Gasteiger partial charge in [-0.25, -0.2) is 0 Å². The van der Waals surface area contributed by atoms with Crippen LogP contribution in [0.3, 0.4) is 0 Å². The average molecular weight is 681 g/mol. The van der Waals surface area contributed by atoms with Crippen LogP contribution in [-0.4, -0.2) is 9.13 Å². The van der Waals surface area contributed by atoms with Crippen LogP contribution in [-0.2, 0) is 0 Å². The number of fused-ring (bicyclic) bond motifs is 12. The van der Waals surface area contributed by atoms with Crippen LogP contribution >= 0.6 is 11.3 Å². The Morgan fingerprint density at radius 3 is 1.40 bits per heavy atom. The number of furan rings is 1. The summed E-state index contributed by atoms with van der Waals surface area (Å²) in [6, 6.07) is 61.8. The van der Waals surface area contributed by atoms with Gasteiger partial charge in [0, 0.05) is 63.9 Å². The van der Waals surface area contributed by atoms with Crippen molar-refractivity contribution < 1.29 is 4.42 Å². The summed E-state index contributed by atoms with van der Waals surface area (Å²) in [4.78, 5) is 0. The first-order valence-electron chi connectivity index (χ1n) is 17.7. The molecule has 4 heterocycles. The van der Waals surface area contributed by atoms with Gasteiger partial charge in [-0.15, -0.1) is 11.3 Å². The average Bonchev–Trinajstić information content (AvgIpc) is 3.94. The molecular weight excluding hydrogens is 653 g/mol. The minimum absolute atomic E-state index is 0.887. The standard InChI is InChI=1S/C48H28N2OS/c1-5-13-41-33(9-1)34-10-2-6-14-42(34)49(41)31-19-22-45-38(27-31)39-28-32(20-23-46(39)51-45)50-43-15-7-3-11-35(43)37-25-29(17-21-44(37)50)30-18-24-48-40(26-30)36-12-4-8-16-47(36)52-48/h1-28H. The van der Waals surface area contributed by atoms with E-state index in [1.165, 1.54) is 74.9 Å². The molecule has 0 unspecified atom stereocenters. The maximum absolute atomic E-state index is 6.45. The third-order valence-corrected chi connectivity index (χ3v) is 12.1. The minimum atomic E-state index is 0.887. The zero-order valence-corrected chi connectivity index (χ0v) is 28.7. The van der Waals surface area contributed by atoms with Gasteiger partial charge in [-0.05, 0) is 96.1 Å². The van der Waals surface area contributed by atoms with Gasteiger partial charge in [0.1, 0.15) is 11.2 Å². The molecule has 3 nitrogen and oxygen atoms in total. The number of aromatic nitrogens is 2. The first kappa shape index (κ1) is 28.1. The van der Waals surface area contributed by atoms with Crippen molar-refractivity contribution in [1.29, 1.82) is 0 Å². The molecule has 0 atom stereocenters. The number of para-hydroxylation sites is 3. The predicted molar refractivity (Wildman–Crippen MR) is 221 cm³/mol. The quantitative estimate of drug-likeness (QED) is 0.182. The molecule has 0 spiro atoms. The van der Waals surface area contributed by atoms with Crippen LogP contribution in [0.2, 0.25) is 0 Å². The lowest BCUT2D eigenvalue weighted by atomic mass is 10.0. The van der Waals surface area contributed by atoms with Gasteiger partial charge in [-0.3, -0.25) is 0 Å². The fourth-order valence-corrected chi connectivity index (χ4v) is 9.65. The van der Waals surface area contributed by atoms with E-state index in [9.17, 15) is 0 Å². The summed E-state index contributed by atoms with van der Waals surface area (Å²) in [7, 11) is 0. The molecule has 0 aliphatic rings. The number of benzene rings is 8. The van der Waals surface area contributed by atoms with Crippen LogP contribution in [0.4, 0.5) is 0 Å². The van der Waals surface area contributed by atoms with Crippen molar-refractivity contribution in [2.45, 2.75) is 0 Å². The van der Waals surface area contributed by atoms with Crippen molar-refractivity contribution in [3.63, 3.8) is 0 Å². The van der Waals surface area contributed by atoms with Gasteiger partial charge in [-0.1, -0.05) is 84.9 Å². The van der Waals surface area contributed by atoms with Gasteiger partial charge in [0.05, 0.1) is 22.1 Å². The van der Waals surface area contributed by atoms with E-state index in [0.29, 0.717) is 0 Å². The lowest BCUT2D eigenvalue weighted by molar-refractivity contribution is 0.669. The summed E-state index contributed by atoms with van der Waals surface area (Å²) in [6.45, 7) is 0. The van der Waals surface area contributed by atoms with Crippen molar-refractivity contribution in [3.05, 3.63) is 170 Å². The molecule has 0 bridgehead atoms. The molecule has 4 heteroatoms. The van der Waals surface area contributed by atoms with E-state index < -0.39 is 0 Å². The van der Waals surface area contributed by atoms with E-state index in [4.69, 9.17) is 4.42 Å². The van der Waals surface area contributed by atoms with Crippen LogP contribution in [0.1, 0.15) is 0 Å². The number of hydrogen-bond acceptors (Lipinski definition) is 2. The zero-order chi connectivity index (χ0) is 33.9. The third kappa shape index (κ3) is 3.90. The monoisotopic (exact) mass is 680 g/mol. The highest BCUT2D eigenvalue weighted by atomic mass is 32.1. The second-order valence-corrected chi connectivity index (χ2v) is 14.8. The Morgan fingerprint density at radius 1 is 0.327 bits per heavy atom. The number of rotatable bonds is 3. The van der Waals surface area contributed by atoms with Gasteiger partial charge < -0.3 is 13.6 Å². The highest BCUT2D eigenvalue weighted by molar-refractivity contribution is 7.25. The molecule has 52 heavy (non-hydrogen) atoms. The van der Waals surface area contributed by atoms with Crippen molar-refractivity contribution in [3.8, 4) is 22.5 Å². The molecular formula is C48H28N2OS. The van der Waals surface area contributed by atoms with Crippen molar-refractivity contribution in [2.75, 3.05) is 0 Å². The second kappa shape index (κ2) is 10.5. The van der Waals surface area contributed by atoms with Gasteiger partial charge in [0.2, 0.25) is 0 Å². The molecule has 242 valence electrons. The fraction of sp³-hybridized carbons (Fsp3) is 0. The van der Waals surface area contributed by atoms with Crippen molar-refractivity contribution >= 4 is 97.1 Å². The summed E-state index contributed by atoms with van der Waals surface area (Å²) in [5, 5.41) is 9.86. The second-order valence-electron chi connectivity index (χ2n) is 13.7. The molecule has 0 radical (unpaired) electrons. The third-order valence-electron chi connectivity index (χ3n) is 10.9. The number of hydrogen-bond donors (Lipinski definition) is 0. The highest BCUT2D eigenvalue weighted by Gasteiger charge is 2.18. The Balaban J connectivity index is 1.04. The topological polar surface area (TPSA) is 23.0 Å². The molecule has 0 amide bonds. The fourth-order valence-electron chi connectivity index (χ4n) is 8.57. The van der Waals surface area contributed by atoms with Crippen LogP contribution in [0.5, 0.6) is 0 Å². The Morgan fingerprint density at radius 2 is 0.788 bits per heavy atom. The molecule has 8 aromatic carbocycles. The normalized spacial score (nSPS) is 12.2. The van der Waals surface area contributed by atoms with Crippen LogP contribution in [0, 0.1) is 0 Å². The van der Waals surface area contributed by atoms with Gasteiger partial charge in [0.25, 0.3) is 0 Å². The lowest BCUT2D eigenvalue weighted by Gasteiger charge is -2.09. The van der Waals surface area contributed by atoms with E-state index in [0.717, 1.165) is 33.3 Å². The smallest absolute Gasteiger partial charge is 0.135 e. The van der Waals surface area contributed by atoms with E-state index >= 15 is 0 Å². The Bertz CT molecular complexity index is 3370. The summed E-state index contributed by atoms with van der Waals surface area (Å²) in [5.41, 5.74) is 11.2. The molecule has 4 aromatic heterocycles. The van der Waals surface area contributed by atoms with E-state index in [1.54, 1.807) is 0 Å². The lowest BCUT2D eigenvalue weighted by Crippen LogP contribution is -1.94. The first-order valence-corrected chi connectivity index (χ1v) is 18.5. The minimum Gasteiger partial charge on any atom is -0.456 e. The number of thiophene rings is 1. The molecule has 0 N–H and O–H groups in total. The molecule has 12 rings (SSSR count). The SMILES string of the molecule is c1ccc2c(c1)sc1ccc(-c3ccc4c(c3)c3ccccc3n4-c3ccc4oc5ccc(-n6c7ccccc7c7ccccc76)cc5c4c3)cc12. The Labute approximate surface area is 301 Å². The Kier molecular flexibility index (Phi) is 5.65. The Hall–Kier alpha value is -6.62. The first-order chi connectivity index (χ1) is 25.8. The molecule has 0 saturated carbocycles. The van der Waals surface area contributed by atoms with E-state index in [2.05, 4.69) is 179 Å². The van der Waals surface area contributed by atoms with Gasteiger partial charge in [0.15, 0.2) is 0 Å². The predicted octanol–water partition coefficient (Wildman–Crippen LogP) is 13.8. The van der Waals surface area contributed by atoms with E-state index in [-0.39, 0.29) is 0 Å². The molecule has 12 aromatic rings. The summed E-state index contributed by atoms with van der Waals surface area (Å²) < 4.78 is 13.9. The maximum atomic E-state index is 6.45. The summed E-state index contributed by atoms with van der Waals surface area (Å²) in [5.74, 6) is 0. The summed E-state index contributed by atoms with van der Waals surface area (Å²) >= 11 is 1.86. The van der Waals surface area contributed by atoms with Crippen molar-refractivity contribution in [2.24, 2.45) is 0 Å². The van der Waals surface area contributed by atoms with Crippen LogP contribution in [0.15, 0.2) is 174 Å². The van der Waals surface area contributed by atoms with E-state index in [1.807, 2.05) is 11.3 Å². The highest BCUT2D eigenvalue weighted by Crippen LogP contribution is 2.41. The molecule has 0 saturated heterocycles. The zero-order valence-electron chi connectivity index (χ0n) is 27.9. The van der Waals surface area contributed by atoms with Gasteiger partial charge >= 0.3 is 0 Å². The van der Waals surface area contributed by atoms with Crippen LogP contribution < -0.4 is 0 Å². The molecule has 0 aliphatic heterocycles. The number of nitrogens with zero attached hydrogens (tertiary/aromatic N) is 2. The van der Waals surface area contributed by atoms with Gasteiger partial charge in [-0.2, -0.15) is 0 Å². The maximum Gasteiger partial charge on any atom is 0.135 e.